The number of benzene rings is 2. The van der Waals surface area contributed by atoms with E-state index in [0.29, 0.717) is 5.75 Å². The van der Waals surface area contributed by atoms with Crippen LogP contribution < -0.4 is 9.64 Å². The second kappa shape index (κ2) is 6.41. The van der Waals surface area contributed by atoms with Gasteiger partial charge >= 0.3 is 0 Å². The molecule has 0 bridgehead atoms. The summed E-state index contributed by atoms with van der Waals surface area (Å²) in [5.74, 6) is 0.516. The molecule has 0 unspecified atom stereocenters. The molecular formula is C17H16N2O3. The van der Waals surface area contributed by atoms with E-state index in [2.05, 4.69) is 4.99 Å². The first-order valence-electron chi connectivity index (χ1n) is 7.05. The van der Waals surface area contributed by atoms with Crippen molar-refractivity contribution in [3.05, 3.63) is 54.1 Å². The van der Waals surface area contributed by atoms with Gasteiger partial charge in [-0.15, -0.1) is 0 Å². The van der Waals surface area contributed by atoms with Crippen molar-refractivity contribution in [2.24, 2.45) is 4.99 Å². The van der Waals surface area contributed by atoms with Gasteiger partial charge in [-0.2, -0.15) is 0 Å². The molecule has 0 saturated heterocycles. The number of aliphatic hydroxyl groups excluding tert-OH is 1. The van der Waals surface area contributed by atoms with Crippen LogP contribution in [0.1, 0.15) is 5.56 Å². The van der Waals surface area contributed by atoms with Crippen LogP contribution in [0, 0.1) is 0 Å². The second-order valence-electron chi connectivity index (χ2n) is 4.83. The number of carbonyl (C=O) groups excluding carboxylic acids is 1. The van der Waals surface area contributed by atoms with Crippen molar-refractivity contribution >= 4 is 23.5 Å². The van der Waals surface area contributed by atoms with E-state index in [4.69, 9.17) is 9.84 Å². The zero-order valence-electron chi connectivity index (χ0n) is 12.0. The lowest BCUT2D eigenvalue weighted by Gasteiger charge is -2.23. The van der Waals surface area contributed by atoms with E-state index in [1.807, 2.05) is 36.4 Å². The van der Waals surface area contributed by atoms with Crippen LogP contribution in [0.2, 0.25) is 0 Å². The second-order valence-corrected chi connectivity index (χ2v) is 4.83. The smallest absolute Gasteiger partial charge is 0.253 e. The number of nitrogens with zero attached hydrogens (tertiary/aromatic N) is 2. The Morgan fingerprint density at radius 1 is 1.18 bits per heavy atom. The van der Waals surface area contributed by atoms with E-state index < -0.39 is 0 Å². The van der Waals surface area contributed by atoms with Crippen molar-refractivity contribution in [1.82, 2.24) is 0 Å². The molecule has 2 aromatic rings. The van der Waals surface area contributed by atoms with E-state index in [0.717, 1.165) is 16.9 Å². The molecule has 0 aliphatic carbocycles. The zero-order valence-corrected chi connectivity index (χ0v) is 12.0. The minimum absolute atomic E-state index is 0.0520. The minimum Gasteiger partial charge on any atom is -0.491 e. The van der Waals surface area contributed by atoms with Crippen molar-refractivity contribution in [3.8, 4) is 5.75 Å². The Labute approximate surface area is 128 Å². The molecule has 1 aliphatic rings. The Morgan fingerprint density at radius 2 is 2.05 bits per heavy atom. The Kier molecular flexibility index (Phi) is 4.16. The van der Waals surface area contributed by atoms with Gasteiger partial charge in [-0.3, -0.25) is 14.7 Å². The first-order chi connectivity index (χ1) is 10.8. The Morgan fingerprint density at radius 3 is 2.91 bits per heavy atom. The van der Waals surface area contributed by atoms with Gasteiger partial charge in [0.15, 0.2) is 0 Å². The fourth-order valence-electron chi connectivity index (χ4n) is 2.39. The lowest BCUT2D eigenvalue weighted by Crippen LogP contribution is -2.27. The molecule has 22 heavy (non-hydrogen) atoms. The summed E-state index contributed by atoms with van der Waals surface area (Å²) < 4.78 is 5.42. The number of hydrogen-bond acceptors (Lipinski definition) is 4. The molecule has 5 heteroatoms. The third kappa shape index (κ3) is 2.84. The highest BCUT2D eigenvalue weighted by molar-refractivity contribution is 6.08. The Balaban J connectivity index is 2.01. The topological polar surface area (TPSA) is 62.1 Å². The van der Waals surface area contributed by atoms with E-state index in [1.54, 1.807) is 23.2 Å². The number of aliphatic hydroxyl groups is 1. The van der Waals surface area contributed by atoms with E-state index in [9.17, 15) is 4.79 Å². The molecule has 0 fully saturated rings. The molecule has 0 atom stereocenters. The van der Waals surface area contributed by atoms with Gasteiger partial charge in [0.25, 0.3) is 5.91 Å². The molecule has 0 aromatic heterocycles. The molecule has 3 rings (SSSR count). The number of fused-ring (bicyclic) bond motifs is 1. The summed E-state index contributed by atoms with van der Waals surface area (Å²) in [6.07, 6.45) is 1.72. The van der Waals surface area contributed by atoms with Gasteiger partial charge in [-0.05, 0) is 18.2 Å². The van der Waals surface area contributed by atoms with Crippen LogP contribution in [0.3, 0.4) is 0 Å². The number of benzodiazepines with no additional fused rings is 1. The van der Waals surface area contributed by atoms with Crippen molar-refractivity contribution in [3.63, 3.8) is 0 Å². The Hall–Kier alpha value is -2.66. The first-order valence-corrected chi connectivity index (χ1v) is 7.05. The van der Waals surface area contributed by atoms with E-state index in [-0.39, 0.29) is 25.7 Å². The average Bonchev–Trinajstić information content (AvgIpc) is 2.71. The summed E-state index contributed by atoms with van der Waals surface area (Å²) in [5.41, 5.74) is 2.42. The van der Waals surface area contributed by atoms with Crippen LogP contribution >= 0.6 is 0 Å². The number of aliphatic imine (C=N–C) groups is 1. The SMILES string of the molecule is O=C1CN=Cc2ccccc2N1c1cccc(OCCO)c1. The summed E-state index contributed by atoms with van der Waals surface area (Å²) in [6.45, 7) is 0.275. The van der Waals surface area contributed by atoms with Crippen molar-refractivity contribution in [1.29, 1.82) is 0 Å². The monoisotopic (exact) mass is 296 g/mol. The lowest BCUT2D eigenvalue weighted by atomic mass is 10.1. The van der Waals surface area contributed by atoms with Gasteiger partial charge in [0.1, 0.15) is 18.9 Å². The van der Waals surface area contributed by atoms with Gasteiger partial charge in [0, 0.05) is 17.8 Å². The number of rotatable bonds is 4. The van der Waals surface area contributed by atoms with Gasteiger partial charge in [0.2, 0.25) is 0 Å². The van der Waals surface area contributed by atoms with Gasteiger partial charge in [0.05, 0.1) is 18.0 Å². The number of hydrogen-bond donors (Lipinski definition) is 1. The molecular weight excluding hydrogens is 280 g/mol. The van der Waals surface area contributed by atoms with Crippen LogP contribution in [0.25, 0.3) is 0 Å². The molecule has 1 amide bonds. The number of amides is 1. The standard InChI is InChI=1S/C17H16N2O3/c20-8-9-22-15-6-3-5-14(10-15)19-16-7-2-1-4-13(16)11-18-12-17(19)21/h1-7,10-11,20H,8-9,12H2. The molecule has 5 nitrogen and oxygen atoms in total. The molecule has 2 aromatic carbocycles. The van der Waals surface area contributed by atoms with Crippen LogP contribution in [-0.2, 0) is 4.79 Å². The third-order valence-corrected chi connectivity index (χ3v) is 3.32. The van der Waals surface area contributed by atoms with Crippen LogP contribution in [-0.4, -0.2) is 37.0 Å². The predicted octanol–water partition coefficient (Wildman–Crippen LogP) is 2.15. The zero-order chi connectivity index (χ0) is 15.4. The van der Waals surface area contributed by atoms with Crippen LogP contribution in [0.4, 0.5) is 11.4 Å². The highest BCUT2D eigenvalue weighted by Gasteiger charge is 2.22. The maximum Gasteiger partial charge on any atom is 0.253 e. The van der Waals surface area contributed by atoms with Gasteiger partial charge < -0.3 is 9.84 Å². The van der Waals surface area contributed by atoms with Crippen molar-refractivity contribution in [2.45, 2.75) is 0 Å². The normalized spacial score (nSPS) is 13.7. The lowest BCUT2D eigenvalue weighted by molar-refractivity contribution is -0.116. The highest BCUT2D eigenvalue weighted by atomic mass is 16.5. The van der Waals surface area contributed by atoms with Crippen molar-refractivity contribution < 1.29 is 14.6 Å². The van der Waals surface area contributed by atoms with Gasteiger partial charge in [-0.1, -0.05) is 24.3 Å². The van der Waals surface area contributed by atoms with Gasteiger partial charge in [-0.25, -0.2) is 0 Å². The fourth-order valence-corrected chi connectivity index (χ4v) is 2.39. The number of anilines is 2. The molecule has 0 radical (unpaired) electrons. The first kappa shape index (κ1) is 14.3. The minimum atomic E-state index is -0.0968. The van der Waals surface area contributed by atoms with E-state index in [1.165, 1.54) is 0 Å². The molecule has 1 heterocycles. The number of ether oxygens (including phenoxy) is 1. The average molecular weight is 296 g/mol. The summed E-state index contributed by atoms with van der Waals surface area (Å²) >= 11 is 0. The molecule has 112 valence electrons. The summed E-state index contributed by atoms with van der Waals surface area (Å²) in [4.78, 5) is 18.2. The van der Waals surface area contributed by atoms with E-state index >= 15 is 0 Å². The van der Waals surface area contributed by atoms with Crippen LogP contribution in [0.15, 0.2) is 53.5 Å². The third-order valence-electron chi connectivity index (χ3n) is 3.32. The maximum absolute atomic E-state index is 12.4. The predicted molar refractivity (Wildman–Crippen MR) is 85.1 cm³/mol. The summed E-state index contributed by atoms with van der Waals surface area (Å²) in [7, 11) is 0. The summed E-state index contributed by atoms with van der Waals surface area (Å²) in [6, 6.07) is 14.9. The highest BCUT2D eigenvalue weighted by Crippen LogP contribution is 2.31. The Bertz CT molecular complexity index is 713. The number of carbonyl (C=O) groups is 1. The van der Waals surface area contributed by atoms with Crippen LogP contribution in [0.5, 0.6) is 5.75 Å². The largest absolute Gasteiger partial charge is 0.491 e. The van der Waals surface area contributed by atoms with Crippen molar-refractivity contribution in [2.75, 3.05) is 24.7 Å². The quantitative estimate of drug-likeness (QED) is 0.940. The number of para-hydroxylation sites is 1. The maximum atomic E-state index is 12.4. The summed E-state index contributed by atoms with van der Waals surface area (Å²) in [5, 5.41) is 8.85. The fraction of sp³-hybridized carbons (Fsp3) is 0.176. The molecule has 0 spiro atoms. The molecule has 1 aliphatic heterocycles. The molecule has 1 N–H and O–H groups in total. The molecule has 0 saturated carbocycles.